The summed E-state index contributed by atoms with van der Waals surface area (Å²) in [7, 11) is 5.72. The Labute approximate surface area is 214 Å². The lowest BCUT2D eigenvalue weighted by Crippen LogP contribution is -2.56. The molecule has 0 atom stereocenters. The summed E-state index contributed by atoms with van der Waals surface area (Å²) in [6.07, 6.45) is 9.27. The third-order valence-electron chi connectivity index (χ3n) is 9.10. The van der Waals surface area contributed by atoms with Gasteiger partial charge in [0.05, 0.1) is 31.1 Å². The zero-order chi connectivity index (χ0) is 25.5. The first-order valence-corrected chi connectivity index (χ1v) is 13.2. The Balaban J connectivity index is 1.45. The Bertz CT molecular complexity index is 1120. The van der Waals surface area contributed by atoms with E-state index in [1.165, 1.54) is 31.9 Å². The standard InChI is InChI=1S/C29H38N4O3/c1-21-17-24(26(34)36-4)30-18-25(21)32-20-28(33(27(32)35)19-22-9-8-10-22)13-15-29(16-14-28,31(2)3)23-11-6-5-7-12-23/h5-7,11-12,17-18,22H,8-10,13-16,19-20H2,1-4H3/t28-,29+. The molecular weight excluding hydrogens is 452 g/mol. The Morgan fingerprint density at radius 3 is 2.39 bits per heavy atom. The highest BCUT2D eigenvalue weighted by Crippen LogP contribution is 2.50. The van der Waals surface area contributed by atoms with E-state index < -0.39 is 5.97 Å². The molecule has 1 spiro atoms. The second-order valence-corrected chi connectivity index (χ2v) is 11.1. The molecule has 2 aromatic rings. The van der Waals surface area contributed by atoms with Crippen molar-refractivity contribution in [1.82, 2.24) is 14.8 Å². The van der Waals surface area contributed by atoms with E-state index >= 15 is 0 Å². The van der Waals surface area contributed by atoms with Crippen LogP contribution in [0.1, 0.15) is 66.6 Å². The number of benzene rings is 1. The van der Waals surface area contributed by atoms with Crippen molar-refractivity contribution in [3.05, 3.63) is 59.4 Å². The highest BCUT2D eigenvalue weighted by atomic mass is 16.5. The quantitative estimate of drug-likeness (QED) is 0.534. The summed E-state index contributed by atoms with van der Waals surface area (Å²) in [4.78, 5) is 36.8. The number of carbonyl (C=O) groups excluding carboxylic acids is 2. The van der Waals surface area contributed by atoms with Crippen molar-refractivity contribution in [3.63, 3.8) is 0 Å². The van der Waals surface area contributed by atoms with Crippen LogP contribution in [0.4, 0.5) is 10.5 Å². The summed E-state index contributed by atoms with van der Waals surface area (Å²) in [6.45, 7) is 3.44. The molecule has 2 amide bonds. The molecule has 2 saturated carbocycles. The van der Waals surface area contributed by atoms with Crippen LogP contribution in [0, 0.1) is 12.8 Å². The predicted molar refractivity (Wildman–Crippen MR) is 140 cm³/mol. The third-order valence-corrected chi connectivity index (χ3v) is 9.10. The number of urea groups is 1. The number of ether oxygens (including phenoxy) is 1. The van der Waals surface area contributed by atoms with Gasteiger partial charge in [-0.15, -0.1) is 0 Å². The smallest absolute Gasteiger partial charge is 0.356 e. The number of rotatable bonds is 6. The van der Waals surface area contributed by atoms with Crippen LogP contribution < -0.4 is 4.90 Å². The van der Waals surface area contributed by atoms with E-state index in [2.05, 4.69) is 59.2 Å². The highest BCUT2D eigenvalue weighted by Gasteiger charge is 2.55. The van der Waals surface area contributed by atoms with Gasteiger partial charge in [0, 0.05) is 12.1 Å². The van der Waals surface area contributed by atoms with Gasteiger partial charge in [-0.3, -0.25) is 9.80 Å². The molecule has 2 aliphatic carbocycles. The van der Waals surface area contributed by atoms with Gasteiger partial charge in [-0.2, -0.15) is 0 Å². The van der Waals surface area contributed by atoms with Crippen LogP contribution in [0.15, 0.2) is 42.6 Å². The fourth-order valence-corrected chi connectivity index (χ4v) is 6.54. The number of nitrogens with zero attached hydrogens (tertiary/aromatic N) is 4. The van der Waals surface area contributed by atoms with Gasteiger partial charge in [-0.1, -0.05) is 36.8 Å². The minimum Gasteiger partial charge on any atom is -0.464 e. The second-order valence-electron chi connectivity index (χ2n) is 11.1. The fourth-order valence-electron chi connectivity index (χ4n) is 6.54. The van der Waals surface area contributed by atoms with E-state index in [9.17, 15) is 9.59 Å². The largest absolute Gasteiger partial charge is 0.464 e. The third kappa shape index (κ3) is 4.07. The highest BCUT2D eigenvalue weighted by molar-refractivity contribution is 5.96. The Morgan fingerprint density at radius 1 is 1.14 bits per heavy atom. The SMILES string of the molecule is COC(=O)c1cc(C)c(N2C[C@]3(CC[C@](c4ccccc4)(N(C)C)CC3)N(CC3CCC3)C2=O)cn1. The van der Waals surface area contributed by atoms with E-state index in [-0.39, 0.29) is 22.8 Å². The lowest BCUT2D eigenvalue weighted by atomic mass is 9.68. The summed E-state index contributed by atoms with van der Waals surface area (Å²) in [6, 6.07) is 12.6. The van der Waals surface area contributed by atoms with Gasteiger partial charge < -0.3 is 9.64 Å². The molecule has 36 heavy (non-hydrogen) atoms. The maximum absolute atomic E-state index is 14.0. The molecule has 3 fully saturated rings. The molecule has 1 aromatic heterocycles. The van der Waals surface area contributed by atoms with E-state index in [1.54, 1.807) is 12.3 Å². The lowest BCUT2D eigenvalue weighted by molar-refractivity contribution is 0.0172. The molecule has 0 unspecified atom stereocenters. The first-order valence-electron chi connectivity index (χ1n) is 13.2. The summed E-state index contributed by atoms with van der Waals surface area (Å²) < 4.78 is 4.83. The summed E-state index contributed by atoms with van der Waals surface area (Å²) >= 11 is 0. The maximum atomic E-state index is 14.0. The number of carbonyl (C=O) groups is 2. The Kier molecular flexibility index (Phi) is 6.54. The van der Waals surface area contributed by atoms with Crippen LogP contribution in [-0.2, 0) is 10.3 Å². The number of aryl methyl sites for hydroxylation is 1. The number of hydrogen-bond acceptors (Lipinski definition) is 5. The first-order chi connectivity index (χ1) is 17.3. The van der Waals surface area contributed by atoms with Gasteiger partial charge in [-0.05, 0) is 82.7 Å². The van der Waals surface area contributed by atoms with Gasteiger partial charge in [0.25, 0.3) is 0 Å². The number of pyridine rings is 1. The molecular formula is C29H38N4O3. The predicted octanol–water partition coefficient (Wildman–Crippen LogP) is 4.99. The van der Waals surface area contributed by atoms with Crippen molar-refractivity contribution in [2.45, 2.75) is 62.9 Å². The molecule has 1 aromatic carbocycles. The molecule has 5 rings (SSSR count). The van der Waals surface area contributed by atoms with Crippen molar-refractivity contribution in [2.24, 2.45) is 5.92 Å². The fraction of sp³-hybridized carbons (Fsp3) is 0.552. The number of hydrogen-bond donors (Lipinski definition) is 0. The number of aromatic nitrogens is 1. The summed E-state index contributed by atoms with van der Waals surface area (Å²) in [5, 5.41) is 0. The molecule has 1 aliphatic heterocycles. The lowest BCUT2D eigenvalue weighted by Gasteiger charge is -2.51. The van der Waals surface area contributed by atoms with E-state index in [4.69, 9.17) is 4.74 Å². The van der Waals surface area contributed by atoms with Gasteiger partial charge in [-0.25, -0.2) is 14.6 Å². The van der Waals surface area contributed by atoms with Crippen molar-refractivity contribution >= 4 is 17.7 Å². The second kappa shape index (κ2) is 9.51. The van der Waals surface area contributed by atoms with E-state index in [0.717, 1.165) is 43.5 Å². The van der Waals surface area contributed by atoms with Crippen molar-refractivity contribution in [2.75, 3.05) is 39.2 Å². The van der Waals surface area contributed by atoms with Gasteiger partial charge in [0.1, 0.15) is 5.69 Å². The minimum absolute atomic E-state index is 0.0231. The normalized spacial score (nSPS) is 26.5. The molecule has 1 saturated heterocycles. The van der Waals surface area contributed by atoms with Crippen LogP contribution in [0.2, 0.25) is 0 Å². The monoisotopic (exact) mass is 490 g/mol. The maximum Gasteiger partial charge on any atom is 0.356 e. The number of methoxy groups -OCH3 is 1. The minimum atomic E-state index is -0.464. The molecule has 7 nitrogen and oxygen atoms in total. The topological polar surface area (TPSA) is 66.0 Å². The molecule has 0 bridgehead atoms. The van der Waals surface area contributed by atoms with Crippen LogP contribution in [0.25, 0.3) is 0 Å². The summed E-state index contributed by atoms with van der Waals surface area (Å²) in [5.74, 6) is 0.134. The molecule has 3 aliphatic rings. The van der Waals surface area contributed by atoms with Crippen molar-refractivity contribution in [1.29, 1.82) is 0 Å². The number of anilines is 1. The number of esters is 1. The van der Waals surface area contributed by atoms with Crippen molar-refractivity contribution < 1.29 is 14.3 Å². The Hall–Kier alpha value is -2.93. The molecule has 2 heterocycles. The number of amides is 2. The summed E-state index contributed by atoms with van der Waals surface area (Å²) in [5.41, 5.74) is 3.06. The van der Waals surface area contributed by atoms with E-state index in [0.29, 0.717) is 12.5 Å². The first kappa shape index (κ1) is 24.8. The Morgan fingerprint density at radius 2 is 1.83 bits per heavy atom. The van der Waals surface area contributed by atoms with Crippen molar-refractivity contribution in [3.8, 4) is 0 Å². The zero-order valence-electron chi connectivity index (χ0n) is 22.0. The molecule has 7 heteroatoms. The van der Waals surface area contributed by atoms with Crippen LogP contribution in [0.5, 0.6) is 0 Å². The molecule has 0 N–H and O–H groups in total. The average Bonchev–Trinajstić information content (AvgIpc) is 3.12. The molecule has 0 radical (unpaired) electrons. The van der Waals surface area contributed by atoms with Gasteiger partial charge in [0.15, 0.2) is 0 Å². The van der Waals surface area contributed by atoms with E-state index in [1.807, 2.05) is 11.8 Å². The van der Waals surface area contributed by atoms with Crippen LogP contribution in [-0.4, -0.2) is 66.6 Å². The average molecular weight is 491 g/mol. The molecule has 192 valence electrons. The van der Waals surface area contributed by atoms with Crippen LogP contribution in [0.3, 0.4) is 0 Å². The zero-order valence-corrected chi connectivity index (χ0v) is 22.0. The van der Waals surface area contributed by atoms with Gasteiger partial charge in [0.2, 0.25) is 0 Å². The van der Waals surface area contributed by atoms with Gasteiger partial charge >= 0.3 is 12.0 Å². The van der Waals surface area contributed by atoms with Crippen LogP contribution >= 0.6 is 0 Å².